The van der Waals surface area contributed by atoms with Crippen molar-refractivity contribution in [3.63, 3.8) is 0 Å². The lowest BCUT2D eigenvalue weighted by Gasteiger charge is -2.36. The molecule has 0 spiro atoms. The third-order valence-electron chi connectivity index (χ3n) is 4.05. The molecule has 0 saturated carbocycles. The van der Waals surface area contributed by atoms with Crippen LogP contribution in [0.1, 0.15) is 31.1 Å². The molecule has 0 unspecified atom stereocenters. The lowest BCUT2D eigenvalue weighted by molar-refractivity contribution is 0.0186. The van der Waals surface area contributed by atoms with Gasteiger partial charge < -0.3 is 25.6 Å². The van der Waals surface area contributed by atoms with Crippen molar-refractivity contribution in [1.82, 2.24) is 15.1 Å². The second kappa shape index (κ2) is 9.64. The van der Waals surface area contributed by atoms with Crippen LogP contribution >= 0.6 is 11.6 Å². The minimum absolute atomic E-state index is 0.245. The van der Waals surface area contributed by atoms with Crippen molar-refractivity contribution in [1.29, 1.82) is 0 Å². The summed E-state index contributed by atoms with van der Waals surface area (Å²) in [5, 5.41) is 3.18. The topological polar surface area (TPSA) is 100 Å². The Bertz CT molecular complexity index is 725. The van der Waals surface area contributed by atoms with Gasteiger partial charge in [-0.1, -0.05) is 23.7 Å². The summed E-state index contributed by atoms with van der Waals surface area (Å²) < 4.78 is 5.38. The Balaban J connectivity index is 1.74. The quantitative estimate of drug-likeness (QED) is 0.449. The van der Waals surface area contributed by atoms with E-state index in [0.717, 1.165) is 0 Å². The molecule has 0 radical (unpaired) electrons. The van der Waals surface area contributed by atoms with E-state index in [4.69, 9.17) is 22.1 Å². The molecule has 2 amide bonds. The van der Waals surface area contributed by atoms with Gasteiger partial charge in [-0.15, -0.1) is 0 Å². The molecular formula is C19H28ClN5O3. The molecule has 28 heavy (non-hydrogen) atoms. The highest BCUT2D eigenvalue weighted by molar-refractivity contribution is 6.33. The summed E-state index contributed by atoms with van der Waals surface area (Å²) in [5.41, 5.74) is 5.95. The highest BCUT2D eigenvalue weighted by Gasteiger charge is 2.26. The van der Waals surface area contributed by atoms with E-state index >= 15 is 0 Å². The van der Waals surface area contributed by atoms with Crippen molar-refractivity contribution in [3.05, 3.63) is 34.9 Å². The molecule has 1 aromatic carbocycles. The summed E-state index contributed by atoms with van der Waals surface area (Å²) in [4.78, 5) is 32.0. The number of halogens is 1. The van der Waals surface area contributed by atoms with Crippen LogP contribution in [0.15, 0.2) is 29.3 Å². The van der Waals surface area contributed by atoms with Crippen molar-refractivity contribution >= 4 is 29.6 Å². The number of carbonyl (C=O) groups is 2. The molecule has 1 aliphatic heterocycles. The normalized spacial score (nSPS) is 15.4. The smallest absolute Gasteiger partial charge is 0.410 e. The van der Waals surface area contributed by atoms with E-state index in [9.17, 15) is 9.59 Å². The number of guanidine groups is 1. The van der Waals surface area contributed by atoms with Gasteiger partial charge in [0.2, 0.25) is 0 Å². The van der Waals surface area contributed by atoms with Crippen LogP contribution in [-0.4, -0.2) is 72.6 Å². The first-order chi connectivity index (χ1) is 13.2. The Kier molecular flexibility index (Phi) is 7.51. The molecule has 0 atom stereocenters. The molecule has 0 aromatic heterocycles. The zero-order chi connectivity index (χ0) is 20.7. The molecule has 1 aliphatic rings. The Morgan fingerprint density at radius 3 is 2.39 bits per heavy atom. The first-order valence-corrected chi connectivity index (χ1v) is 9.60. The monoisotopic (exact) mass is 409 g/mol. The number of nitrogens with one attached hydrogen (secondary N) is 1. The van der Waals surface area contributed by atoms with Crippen molar-refractivity contribution in [2.24, 2.45) is 10.7 Å². The fourth-order valence-corrected chi connectivity index (χ4v) is 2.85. The number of benzene rings is 1. The van der Waals surface area contributed by atoms with Crippen molar-refractivity contribution in [2.45, 2.75) is 26.4 Å². The van der Waals surface area contributed by atoms with Crippen molar-refractivity contribution < 1.29 is 14.3 Å². The van der Waals surface area contributed by atoms with Crippen LogP contribution in [0.5, 0.6) is 0 Å². The molecule has 8 nitrogen and oxygen atoms in total. The predicted molar refractivity (Wildman–Crippen MR) is 110 cm³/mol. The van der Waals surface area contributed by atoms with Crippen molar-refractivity contribution in [2.75, 3.05) is 39.3 Å². The molecular weight excluding hydrogens is 382 g/mol. The molecule has 0 bridgehead atoms. The van der Waals surface area contributed by atoms with Gasteiger partial charge in [0.15, 0.2) is 5.96 Å². The standard InChI is InChI=1S/C19H28ClN5O3/c1-19(2,3)28-18(27)25-12-10-24(11-13-25)17(21)23-9-8-22-16(26)14-6-4-5-7-15(14)20/h4-7H,8-13H2,1-3H3,(H2,21,23)(H,22,26). The molecule has 1 heterocycles. The minimum Gasteiger partial charge on any atom is -0.444 e. The van der Waals surface area contributed by atoms with Crippen LogP contribution in [-0.2, 0) is 4.74 Å². The first kappa shape index (κ1) is 21.8. The molecule has 9 heteroatoms. The van der Waals surface area contributed by atoms with Gasteiger partial charge in [0.25, 0.3) is 5.91 Å². The van der Waals surface area contributed by atoms with E-state index in [0.29, 0.717) is 55.8 Å². The third kappa shape index (κ3) is 6.60. The van der Waals surface area contributed by atoms with Gasteiger partial charge in [-0.2, -0.15) is 0 Å². The van der Waals surface area contributed by atoms with Gasteiger partial charge in [0.1, 0.15) is 5.60 Å². The number of hydrogen-bond acceptors (Lipinski definition) is 4. The largest absolute Gasteiger partial charge is 0.444 e. The van der Waals surface area contributed by atoms with Gasteiger partial charge in [-0.05, 0) is 32.9 Å². The van der Waals surface area contributed by atoms with E-state index in [1.165, 1.54) is 0 Å². The van der Waals surface area contributed by atoms with Crippen LogP contribution in [0, 0.1) is 0 Å². The number of carbonyl (C=O) groups excluding carboxylic acids is 2. The second-order valence-electron chi connectivity index (χ2n) is 7.43. The maximum absolute atomic E-state index is 12.1. The van der Waals surface area contributed by atoms with Gasteiger partial charge in [0.05, 0.1) is 17.1 Å². The van der Waals surface area contributed by atoms with Crippen LogP contribution < -0.4 is 11.1 Å². The Labute approximate surface area is 170 Å². The van der Waals surface area contributed by atoms with E-state index in [2.05, 4.69) is 10.3 Å². The van der Waals surface area contributed by atoms with Gasteiger partial charge in [0, 0.05) is 32.7 Å². The van der Waals surface area contributed by atoms with E-state index in [-0.39, 0.29) is 12.0 Å². The SMILES string of the molecule is CC(C)(C)OC(=O)N1CCN(C(N)=NCCNC(=O)c2ccccc2Cl)CC1. The first-order valence-electron chi connectivity index (χ1n) is 9.23. The molecule has 1 aromatic rings. The summed E-state index contributed by atoms with van der Waals surface area (Å²) in [7, 11) is 0. The molecule has 154 valence electrons. The number of hydrogen-bond donors (Lipinski definition) is 2. The average Bonchev–Trinajstić information content (AvgIpc) is 2.64. The highest BCUT2D eigenvalue weighted by atomic mass is 35.5. The summed E-state index contributed by atoms with van der Waals surface area (Å²) in [6, 6.07) is 6.86. The van der Waals surface area contributed by atoms with E-state index < -0.39 is 5.60 Å². The molecule has 1 saturated heterocycles. The fraction of sp³-hybridized carbons (Fsp3) is 0.526. The Morgan fingerprint density at radius 2 is 1.79 bits per heavy atom. The van der Waals surface area contributed by atoms with Crippen LogP contribution in [0.25, 0.3) is 0 Å². The van der Waals surface area contributed by atoms with Gasteiger partial charge in [-0.3, -0.25) is 9.79 Å². The maximum atomic E-state index is 12.1. The summed E-state index contributed by atoms with van der Waals surface area (Å²) in [6.07, 6.45) is -0.315. The van der Waals surface area contributed by atoms with Crippen molar-refractivity contribution in [3.8, 4) is 0 Å². The number of ether oxygens (including phenoxy) is 1. The van der Waals surface area contributed by atoms with Gasteiger partial charge >= 0.3 is 6.09 Å². The van der Waals surface area contributed by atoms with Crippen LogP contribution in [0.4, 0.5) is 4.79 Å². The van der Waals surface area contributed by atoms with E-state index in [1.807, 2.05) is 25.7 Å². The summed E-state index contributed by atoms with van der Waals surface area (Å²) in [5.74, 6) is 0.154. The number of amides is 2. The molecule has 3 N–H and O–H groups in total. The molecule has 2 rings (SSSR count). The Morgan fingerprint density at radius 1 is 1.18 bits per heavy atom. The number of nitrogens with two attached hydrogens (primary N) is 1. The zero-order valence-electron chi connectivity index (χ0n) is 16.6. The molecule has 1 fully saturated rings. The van der Waals surface area contributed by atoms with E-state index in [1.54, 1.807) is 29.2 Å². The predicted octanol–water partition coefficient (Wildman–Crippen LogP) is 1.94. The van der Waals surface area contributed by atoms with Crippen LogP contribution in [0.2, 0.25) is 5.02 Å². The van der Waals surface area contributed by atoms with Gasteiger partial charge in [-0.25, -0.2) is 4.79 Å². The lowest BCUT2D eigenvalue weighted by atomic mass is 10.2. The second-order valence-corrected chi connectivity index (χ2v) is 7.84. The fourth-order valence-electron chi connectivity index (χ4n) is 2.63. The number of piperazine rings is 1. The number of rotatable bonds is 4. The number of aliphatic imine (C=N–C) groups is 1. The minimum atomic E-state index is -0.511. The summed E-state index contributed by atoms with van der Waals surface area (Å²) >= 11 is 6.00. The Hall–Kier alpha value is -2.48. The number of nitrogens with zero attached hydrogens (tertiary/aromatic N) is 3. The highest BCUT2D eigenvalue weighted by Crippen LogP contribution is 2.14. The summed E-state index contributed by atoms with van der Waals surface area (Å²) in [6.45, 7) is 8.45. The lowest BCUT2D eigenvalue weighted by Crippen LogP contribution is -2.53. The van der Waals surface area contributed by atoms with Crippen LogP contribution in [0.3, 0.4) is 0 Å². The zero-order valence-corrected chi connectivity index (χ0v) is 17.3. The molecule has 0 aliphatic carbocycles. The third-order valence-corrected chi connectivity index (χ3v) is 4.37. The average molecular weight is 410 g/mol. The maximum Gasteiger partial charge on any atom is 0.410 e.